The van der Waals surface area contributed by atoms with Crippen LogP contribution in [0.1, 0.15) is 17.0 Å². The molecule has 1 saturated heterocycles. The maximum Gasteiger partial charge on any atom is 0.130 e. The number of benzene rings is 2. The number of nitrogens with zero attached hydrogens (tertiary/aromatic N) is 1. The highest BCUT2D eigenvalue weighted by Gasteiger charge is 2.31. The molecule has 22 heavy (non-hydrogen) atoms. The van der Waals surface area contributed by atoms with Crippen LogP contribution in [-0.4, -0.2) is 24.0 Å². The number of likely N-dealkylation sites (tertiary alicyclic amines) is 1. The van der Waals surface area contributed by atoms with Gasteiger partial charge in [-0.15, -0.1) is 12.4 Å². The van der Waals surface area contributed by atoms with Gasteiger partial charge in [0.1, 0.15) is 11.6 Å². The Balaban J connectivity index is 0.00000176. The Hall–Kier alpha value is -1.49. The summed E-state index contributed by atoms with van der Waals surface area (Å²) < 4.78 is 26.7. The summed E-state index contributed by atoms with van der Waals surface area (Å²) in [5, 5.41) is 0. The van der Waals surface area contributed by atoms with E-state index in [0.717, 1.165) is 19.2 Å². The molecule has 2 aromatic carbocycles. The number of hydrogen-bond acceptors (Lipinski definition) is 2. The summed E-state index contributed by atoms with van der Waals surface area (Å²) in [7, 11) is 0. The molecule has 1 aliphatic heterocycles. The van der Waals surface area contributed by atoms with Crippen molar-refractivity contribution in [1.82, 2.24) is 4.90 Å². The Morgan fingerprint density at radius 3 is 2.45 bits per heavy atom. The summed E-state index contributed by atoms with van der Waals surface area (Å²) in [6, 6.07) is 13.9. The van der Waals surface area contributed by atoms with E-state index in [-0.39, 0.29) is 24.4 Å². The topological polar surface area (TPSA) is 29.3 Å². The van der Waals surface area contributed by atoms with E-state index in [1.807, 2.05) is 18.2 Å². The fourth-order valence-corrected chi connectivity index (χ4v) is 2.99. The average molecular weight is 325 g/mol. The van der Waals surface area contributed by atoms with Gasteiger partial charge >= 0.3 is 0 Å². The lowest BCUT2D eigenvalue weighted by Crippen LogP contribution is -2.28. The molecule has 1 heterocycles. The molecule has 3 rings (SSSR count). The van der Waals surface area contributed by atoms with Crippen LogP contribution in [0.15, 0.2) is 48.5 Å². The van der Waals surface area contributed by atoms with Crippen LogP contribution in [0.3, 0.4) is 0 Å². The summed E-state index contributed by atoms with van der Waals surface area (Å²) in [5.41, 5.74) is 7.95. The van der Waals surface area contributed by atoms with Gasteiger partial charge in [0, 0.05) is 43.2 Å². The predicted octanol–water partition coefficient (Wildman–Crippen LogP) is 3.31. The van der Waals surface area contributed by atoms with Gasteiger partial charge in [0.05, 0.1) is 0 Å². The largest absolute Gasteiger partial charge is 0.326 e. The average Bonchev–Trinajstić information content (AvgIpc) is 2.84. The highest BCUT2D eigenvalue weighted by Crippen LogP contribution is 2.27. The van der Waals surface area contributed by atoms with E-state index in [4.69, 9.17) is 5.73 Å². The van der Waals surface area contributed by atoms with Crippen LogP contribution in [0.4, 0.5) is 8.78 Å². The molecule has 2 N–H and O–H groups in total. The molecule has 0 spiro atoms. The summed E-state index contributed by atoms with van der Waals surface area (Å²) in [4.78, 5) is 2.12. The summed E-state index contributed by atoms with van der Waals surface area (Å²) in [6.07, 6.45) is 0. The number of rotatable bonds is 3. The van der Waals surface area contributed by atoms with Crippen molar-refractivity contribution in [3.8, 4) is 0 Å². The third-order valence-corrected chi connectivity index (χ3v) is 4.08. The predicted molar refractivity (Wildman–Crippen MR) is 86.0 cm³/mol. The monoisotopic (exact) mass is 324 g/mol. The van der Waals surface area contributed by atoms with Gasteiger partial charge in [0.15, 0.2) is 0 Å². The van der Waals surface area contributed by atoms with Crippen LogP contribution >= 0.6 is 12.4 Å². The van der Waals surface area contributed by atoms with Crippen LogP contribution in [0.5, 0.6) is 0 Å². The third-order valence-electron chi connectivity index (χ3n) is 4.08. The standard InChI is InChI=1S/C17H18F2N2.ClH/c18-14-7-6-13(16(19)8-14)9-21-10-15(17(20)11-21)12-4-2-1-3-5-12;/h1-8,15,17H,9-11,20H2;1H/t15-,17+;/m0./s1. The first-order valence-electron chi connectivity index (χ1n) is 7.10. The fourth-order valence-electron chi connectivity index (χ4n) is 2.99. The molecule has 1 fully saturated rings. The van der Waals surface area contributed by atoms with Crippen LogP contribution in [0, 0.1) is 11.6 Å². The minimum atomic E-state index is -0.545. The lowest BCUT2D eigenvalue weighted by Gasteiger charge is -2.16. The number of halogens is 3. The molecule has 2 aromatic rings. The number of hydrogen-bond donors (Lipinski definition) is 1. The fraction of sp³-hybridized carbons (Fsp3) is 0.294. The molecule has 0 unspecified atom stereocenters. The van der Waals surface area contributed by atoms with Gasteiger partial charge in [-0.2, -0.15) is 0 Å². The Bertz CT molecular complexity index is 621. The molecule has 0 radical (unpaired) electrons. The van der Waals surface area contributed by atoms with E-state index in [2.05, 4.69) is 17.0 Å². The molecule has 0 aromatic heterocycles. The van der Waals surface area contributed by atoms with Gasteiger partial charge in [-0.1, -0.05) is 36.4 Å². The van der Waals surface area contributed by atoms with E-state index >= 15 is 0 Å². The van der Waals surface area contributed by atoms with Gasteiger partial charge in [-0.3, -0.25) is 4.90 Å². The number of nitrogens with two attached hydrogens (primary N) is 1. The van der Waals surface area contributed by atoms with E-state index in [1.54, 1.807) is 0 Å². The molecular weight excluding hydrogens is 306 g/mol. The minimum Gasteiger partial charge on any atom is -0.326 e. The summed E-state index contributed by atoms with van der Waals surface area (Å²) >= 11 is 0. The SMILES string of the molecule is Cl.N[C@@H]1CN(Cc2ccc(F)cc2F)C[C@H]1c1ccccc1. The third kappa shape index (κ3) is 3.64. The lowest BCUT2D eigenvalue weighted by molar-refractivity contribution is 0.318. The molecule has 118 valence electrons. The van der Waals surface area contributed by atoms with Crippen molar-refractivity contribution < 1.29 is 8.78 Å². The normalized spacial score (nSPS) is 21.6. The van der Waals surface area contributed by atoms with E-state index in [9.17, 15) is 8.78 Å². The Kier molecular flexibility index (Phi) is 5.51. The minimum absolute atomic E-state index is 0. The van der Waals surface area contributed by atoms with Crippen LogP contribution in [0.25, 0.3) is 0 Å². The first-order chi connectivity index (χ1) is 10.1. The van der Waals surface area contributed by atoms with Gasteiger partial charge in [-0.25, -0.2) is 8.78 Å². The van der Waals surface area contributed by atoms with Crippen molar-refractivity contribution >= 4 is 12.4 Å². The second kappa shape index (κ2) is 7.18. The maximum absolute atomic E-state index is 13.7. The van der Waals surface area contributed by atoms with Gasteiger partial charge < -0.3 is 5.73 Å². The summed E-state index contributed by atoms with van der Waals surface area (Å²) in [5.74, 6) is -0.780. The van der Waals surface area contributed by atoms with Gasteiger partial charge in [-0.05, 0) is 11.6 Å². The molecule has 0 saturated carbocycles. The summed E-state index contributed by atoms with van der Waals surface area (Å²) in [6.45, 7) is 1.97. The van der Waals surface area contributed by atoms with Crippen LogP contribution < -0.4 is 5.73 Å². The van der Waals surface area contributed by atoms with Crippen molar-refractivity contribution in [3.63, 3.8) is 0 Å². The van der Waals surface area contributed by atoms with E-state index < -0.39 is 11.6 Å². The molecule has 2 nitrogen and oxygen atoms in total. The van der Waals surface area contributed by atoms with Crippen LogP contribution in [-0.2, 0) is 6.54 Å². The highest BCUT2D eigenvalue weighted by molar-refractivity contribution is 5.85. The van der Waals surface area contributed by atoms with Gasteiger partial charge in [0.2, 0.25) is 0 Å². The second-order valence-electron chi connectivity index (χ2n) is 5.61. The molecule has 5 heteroatoms. The Morgan fingerprint density at radius 2 is 1.77 bits per heavy atom. The van der Waals surface area contributed by atoms with Crippen molar-refractivity contribution in [1.29, 1.82) is 0 Å². The zero-order chi connectivity index (χ0) is 14.8. The first-order valence-corrected chi connectivity index (χ1v) is 7.10. The van der Waals surface area contributed by atoms with Crippen molar-refractivity contribution in [2.24, 2.45) is 5.73 Å². The Morgan fingerprint density at radius 1 is 1.05 bits per heavy atom. The molecule has 1 aliphatic rings. The van der Waals surface area contributed by atoms with Crippen molar-refractivity contribution in [2.75, 3.05) is 13.1 Å². The molecular formula is C17H19ClF2N2. The maximum atomic E-state index is 13.7. The molecule has 0 bridgehead atoms. The zero-order valence-corrected chi connectivity index (χ0v) is 12.9. The van der Waals surface area contributed by atoms with Crippen molar-refractivity contribution in [2.45, 2.75) is 18.5 Å². The van der Waals surface area contributed by atoms with Crippen molar-refractivity contribution in [3.05, 3.63) is 71.3 Å². The highest BCUT2D eigenvalue weighted by atomic mass is 35.5. The second-order valence-corrected chi connectivity index (χ2v) is 5.61. The first kappa shape index (κ1) is 16.9. The molecule has 2 atom stereocenters. The van der Waals surface area contributed by atoms with Crippen LogP contribution in [0.2, 0.25) is 0 Å². The van der Waals surface area contributed by atoms with E-state index in [1.165, 1.54) is 17.7 Å². The molecule has 0 amide bonds. The quantitative estimate of drug-likeness (QED) is 0.938. The smallest absolute Gasteiger partial charge is 0.130 e. The Labute approximate surface area is 135 Å². The van der Waals surface area contributed by atoms with Gasteiger partial charge in [0.25, 0.3) is 0 Å². The zero-order valence-electron chi connectivity index (χ0n) is 12.1. The lowest BCUT2D eigenvalue weighted by atomic mass is 9.95. The van der Waals surface area contributed by atoms with E-state index in [0.29, 0.717) is 12.1 Å². The molecule has 0 aliphatic carbocycles.